The van der Waals surface area contributed by atoms with E-state index in [0.717, 1.165) is 25.5 Å². The maximum absolute atomic E-state index is 4.35. The molecule has 1 aromatic rings. The molecule has 1 N–H and O–H groups in total. The third-order valence-corrected chi connectivity index (χ3v) is 3.35. The highest BCUT2D eigenvalue weighted by Gasteiger charge is 2.19. The minimum absolute atomic E-state index is 0.368. The summed E-state index contributed by atoms with van der Waals surface area (Å²) in [5.74, 6) is 1.79. The van der Waals surface area contributed by atoms with Crippen LogP contribution in [-0.2, 0) is 13.1 Å². The minimum atomic E-state index is 0.368. The summed E-state index contributed by atoms with van der Waals surface area (Å²) < 4.78 is 2.18. The monoisotopic (exact) mass is 223 g/mol. The fourth-order valence-corrected chi connectivity index (χ4v) is 1.50. The van der Waals surface area contributed by atoms with Gasteiger partial charge in [0.25, 0.3) is 0 Å². The van der Waals surface area contributed by atoms with Crippen molar-refractivity contribution in [3.63, 3.8) is 0 Å². The summed E-state index contributed by atoms with van der Waals surface area (Å²) in [5, 5.41) is 3.49. The Bertz CT molecular complexity index is 309. The first-order chi connectivity index (χ1) is 7.45. The smallest absolute Gasteiger partial charge is 0.122 e. The van der Waals surface area contributed by atoms with Gasteiger partial charge in [-0.2, -0.15) is 0 Å². The molecule has 1 unspecified atom stereocenters. The summed E-state index contributed by atoms with van der Waals surface area (Å²) in [4.78, 5) is 4.35. The first-order valence-corrected chi connectivity index (χ1v) is 6.16. The quantitative estimate of drug-likeness (QED) is 0.831. The molecule has 0 aliphatic rings. The average molecular weight is 223 g/mol. The molecule has 0 aromatic carbocycles. The summed E-state index contributed by atoms with van der Waals surface area (Å²) in [6.45, 7) is 14.2. The van der Waals surface area contributed by atoms with E-state index >= 15 is 0 Å². The topological polar surface area (TPSA) is 29.9 Å². The Kier molecular flexibility index (Phi) is 4.54. The van der Waals surface area contributed by atoms with Gasteiger partial charge in [-0.05, 0) is 24.8 Å². The van der Waals surface area contributed by atoms with Gasteiger partial charge in [-0.3, -0.25) is 0 Å². The molecule has 0 saturated heterocycles. The first-order valence-electron chi connectivity index (χ1n) is 6.16. The van der Waals surface area contributed by atoms with E-state index in [1.54, 1.807) is 0 Å². The van der Waals surface area contributed by atoms with Crippen LogP contribution >= 0.6 is 0 Å². The van der Waals surface area contributed by atoms with Crippen LogP contribution in [0, 0.1) is 11.3 Å². The fraction of sp³-hybridized carbons (Fsp3) is 0.769. The first kappa shape index (κ1) is 13.2. The van der Waals surface area contributed by atoms with Crippen LogP contribution in [0.4, 0.5) is 0 Å². The lowest BCUT2D eigenvalue weighted by atomic mass is 9.82. The molecule has 3 heteroatoms. The predicted octanol–water partition coefficient (Wildman–Crippen LogP) is 2.67. The number of hydrogen-bond donors (Lipinski definition) is 1. The molecule has 0 bridgehead atoms. The van der Waals surface area contributed by atoms with Crippen LogP contribution in [0.3, 0.4) is 0 Å². The molecule has 92 valence electrons. The molecule has 0 fully saturated rings. The van der Waals surface area contributed by atoms with Crippen LogP contribution in [-0.4, -0.2) is 16.1 Å². The van der Waals surface area contributed by atoms with Crippen molar-refractivity contribution in [1.82, 2.24) is 14.9 Å². The molecule has 0 radical (unpaired) electrons. The summed E-state index contributed by atoms with van der Waals surface area (Å²) in [7, 11) is 0. The van der Waals surface area contributed by atoms with Crippen LogP contribution in [0.2, 0.25) is 0 Å². The molecule has 0 saturated carbocycles. The molecule has 16 heavy (non-hydrogen) atoms. The van der Waals surface area contributed by atoms with Gasteiger partial charge in [0.15, 0.2) is 0 Å². The predicted molar refractivity (Wildman–Crippen MR) is 68.2 cm³/mol. The number of nitrogens with one attached hydrogen (secondary N) is 1. The van der Waals surface area contributed by atoms with Gasteiger partial charge >= 0.3 is 0 Å². The second-order valence-electron chi connectivity index (χ2n) is 5.53. The molecule has 1 atom stereocenters. The van der Waals surface area contributed by atoms with Gasteiger partial charge in [-0.15, -0.1) is 0 Å². The van der Waals surface area contributed by atoms with Gasteiger partial charge in [0.05, 0.1) is 6.54 Å². The van der Waals surface area contributed by atoms with Crippen molar-refractivity contribution in [1.29, 1.82) is 0 Å². The zero-order chi connectivity index (χ0) is 12.2. The summed E-state index contributed by atoms with van der Waals surface area (Å²) >= 11 is 0. The summed E-state index contributed by atoms with van der Waals surface area (Å²) in [5.41, 5.74) is 0.368. The van der Waals surface area contributed by atoms with Crippen molar-refractivity contribution in [2.75, 3.05) is 6.54 Å². The number of aromatic nitrogens is 2. The summed E-state index contributed by atoms with van der Waals surface area (Å²) in [6, 6.07) is 0. The molecule has 0 amide bonds. The van der Waals surface area contributed by atoms with E-state index in [-0.39, 0.29) is 0 Å². The highest BCUT2D eigenvalue weighted by Crippen LogP contribution is 2.24. The van der Waals surface area contributed by atoms with E-state index in [1.165, 1.54) is 0 Å². The lowest BCUT2D eigenvalue weighted by Crippen LogP contribution is -2.30. The van der Waals surface area contributed by atoms with Gasteiger partial charge in [0.2, 0.25) is 0 Å². The van der Waals surface area contributed by atoms with E-state index in [2.05, 4.69) is 49.5 Å². The third kappa shape index (κ3) is 3.63. The van der Waals surface area contributed by atoms with Gasteiger partial charge in [-0.25, -0.2) is 4.98 Å². The summed E-state index contributed by atoms with van der Waals surface area (Å²) in [6.07, 6.45) is 3.90. The van der Waals surface area contributed by atoms with Gasteiger partial charge in [0, 0.05) is 18.9 Å². The maximum Gasteiger partial charge on any atom is 0.122 e. The Balaban J connectivity index is 2.36. The van der Waals surface area contributed by atoms with Gasteiger partial charge < -0.3 is 9.88 Å². The molecule has 0 spiro atoms. The zero-order valence-electron chi connectivity index (χ0n) is 11.2. The van der Waals surface area contributed by atoms with Crippen molar-refractivity contribution in [3.05, 3.63) is 18.2 Å². The normalized spacial score (nSPS) is 14.1. The van der Waals surface area contributed by atoms with E-state index in [0.29, 0.717) is 11.3 Å². The Morgan fingerprint density at radius 3 is 2.69 bits per heavy atom. The lowest BCUT2D eigenvalue weighted by Gasteiger charge is -2.27. The largest absolute Gasteiger partial charge is 0.334 e. The second kappa shape index (κ2) is 5.48. The van der Waals surface area contributed by atoms with Crippen LogP contribution in [0.1, 0.15) is 40.4 Å². The highest BCUT2D eigenvalue weighted by atomic mass is 15.1. The lowest BCUT2D eigenvalue weighted by molar-refractivity contribution is 0.252. The zero-order valence-corrected chi connectivity index (χ0v) is 11.2. The van der Waals surface area contributed by atoms with Crippen LogP contribution in [0.25, 0.3) is 0 Å². The molecule has 1 rings (SSSR count). The average Bonchev–Trinajstić information content (AvgIpc) is 2.63. The van der Waals surface area contributed by atoms with E-state index in [1.807, 2.05) is 12.4 Å². The molecular formula is C13H25N3. The Morgan fingerprint density at radius 1 is 1.44 bits per heavy atom. The van der Waals surface area contributed by atoms with E-state index in [9.17, 15) is 0 Å². The van der Waals surface area contributed by atoms with Crippen molar-refractivity contribution in [2.24, 2.45) is 11.3 Å². The van der Waals surface area contributed by atoms with Crippen LogP contribution in [0.15, 0.2) is 12.4 Å². The second-order valence-corrected chi connectivity index (χ2v) is 5.53. The van der Waals surface area contributed by atoms with Crippen molar-refractivity contribution >= 4 is 0 Å². The molecule has 1 heterocycles. The maximum atomic E-state index is 4.35. The Morgan fingerprint density at radius 2 is 2.12 bits per heavy atom. The third-order valence-electron chi connectivity index (χ3n) is 3.35. The molecule has 1 aromatic heterocycles. The minimum Gasteiger partial charge on any atom is -0.334 e. The van der Waals surface area contributed by atoms with Crippen molar-refractivity contribution in [3.8, 4) is 0 Å². The Labute approximate surface area is 99.3 Å². The highest BCUT2D eigenvalue weighted by molar-refractivity contribution is 4.91. The molecular weight excluding hydrogens is 198 g/mol. The van der Waals surface area contributed by atoms with Crippen molar-refractivity contribution in [2.45, 2.75) is 47.7 Å². The molecule has 3 nitrogen and oxygen atoms in total. The van der Waals surface area contributed by atoms with Gasteiger partial charge in [0.1, 0.15) is 5.82 Å². The van der Waals surface area contributed by atoms with E-state index < -0.39 is 0 Å². The SMILES string of the molecule is CCn1ccnc1CNCC(C)C(C)(C)C. The fourth-order valence-electron chi connectivity index (χ4n) is 1.50. The molecule has 0 aliphatic heterocycles. The number of hydrogen-bond acceptors (Lipinski definition) is 2. The number of rotatable bonds is 5. The number of aryl methyl sites for hydroxylation is 1. The van der Waals surface area contributed by atoms with Crippen LogP contribution in [0.5, 0.6) is 0 Å². The molecule has 0 aliphatic carbocycles. The van der Waals surface area contributed by atoms with E-state index in [4.69, 9.17) is 0 Å². The number of nitrogens with zero attached hydrogens (tertiary/aromatic N) is 2. The van der Waals surface area contributed by atoms with Gasteiger partial charge in [-0.1, -0.05) is 27.7 Å². The van der Waals surface area contributed by atoms with Crippen LogP contribution < -0.4 is 5.32 Å². The standard InChI is InChI=1S/C13H25N3/c1-6-16-8-7-15-12(16)10-14-9-11(2)13(3,4)5/h7-8,11,14H,6,9-10H2,1-5H3. The Hall–Kier alpha value is -0.830. The van der Waals surface area contributed by atoms with Crippen molar-refractivity contribution < 1.29 is 0 Å². The number of imidazole rings is 1.